The van der Waals surface area contributed by atoms with Gasteiger partial charge in [-0.1, -0.05) is 13.8 Å². The van der Waals surface area contributed by atoms with Crippen molar-refractivity contribution < 1.29 is 19.5 Å². The molecule has 14 heavy (non-hydrogen) atoms. The SMILES string of the molecule is CO[N+](OC)(OC)C(N)CC(C)(C)[SiH3]. The van der Waals surface area contributed by atoms with Crippen LogP contribution in [0, 0.1) is 0 Å². The van der Waals surface area contributed by atoms with Crippen LogP contribution in [0.4, 0.5) is 0 Å². The summed E-state index contributed by atoms with van der Waals surface area (Å²) in [4.78, 5) is 15.0. The van der Waals surface area contributed by atoms with Crippen LogP contribution in [-0.4, -0.2) is 42.7 Å². The van der Waals surface area contributed by atoms with Crippen molar-refractivity contribution in [2.24, 2.45) is 5.73 Å². The van der Waals surface area contributed by atoms with Crippen LogP contribution >= 0.6 is 0 Å². The first-order valence-electron chi connectivity index (χ1n) is 4.63. The average molecular weight is 223 g/mol. The Labute approximate surface area is 89.0 Å². The molecule has 0 fully saturated rings. The van der Waals surface area contributed by atoms with Gasteiger partial charge in [-0.25, -0.2) is 0 Å². The molecule has 0 aliphatic heterocycles. The highest BCUT2D eigenvalue weighted by atomic mass is 28.1. The molecule has 1 atom stereocenters. The van der Waals surface area contributed by atoms with E-state index in [1.165, 1.54) is 21.3 Å². The van der Waals surface area contributed by atoms with Crippen molar-refractivity contribution >= 4 is 10.2 Å². The topological polar surface area (TPSA) is 53.7 Å². The number of hydroxylamine groups is 3. The molecule has 0 aromatic rings. The van der Waals surface area contributed by atoms with Crippen LogP contribution in [-0.2, 0) is 14.5 Å². The predicted molar refractivity (Wildman–Crippen MR) is 57.9 cm³/mol. The summed E-state index contributed by atoms with van der Waals surface area (Å²) in [5.74, 6) is 0. The lowest BCUT2D eigenvalue weighted by molar-refractivity contribution is -1.37. The van der Waals surface area contributed by atoms with Crippen LogP contribution in [0.3, 0.4) is 0 Å². The fourth-order valence-corrected chi connectivity index (χ4v) is 1.79. The fraction of sp³-hybridized carbons (Fsp3) is 1.00. The fourth-order valence-electron chi connectivity index (χ4n) is 1.37. The van der Waals surface area contributed by atoms with E-state index in [0.717, 1.165) is 16.7 Å². The van der Waals surface area contributed by atoms with E-state index in [1.807, 2.05) is 0 Å². The van der Waals surface area contributed by atoms with Crippen LogP contribution < -0.4 is 5.73 Å². The quantitative estimate of drug-likeness (QED) is 0.291. The van der Waals surface area contributed by atoms with Gasteiger partial charge in [-0.2, -0.15) is 0 Å². The van der Waals surface area contributed by atoms with E-state index in [4.69, 9.17) is 20.2 Å². The van der Waals surface area contributed by atoms with Gasteiger partial charge in [0.2, 0.25) is 6.17 Å². The van der Waals surface area contributed by atoms with Crippen LogP contribution in [0.25, 0.3) is 0 Å². The lowest BCUT2D eigenvalue weighted by Gasteiger charge is -2.33. The Morgan fingerprint density at radius 1 is 1.21 bits per heavy atom. The van der Waals surface area contributed by atoms with E-state index >= 15 is 0 Å². The number of quaternary nitrogens is 1. The molecule has 0 amide bonds. The summed E-state index contributed by atoms with van der Waals surface area (Å²) in [6.07, 6.45) is 0.442. The van der Waals surface area contributed by atoms with Crippen molar-refractivity contribution in [3.8, 4) is 0 Å². The molecule has 0 bridgehead atoms. The molecule has 0 saturated heterocycles. The molecule has 2 N–H and O–H groups in total. The third-order valence-corrected chi connectivity index (χ3v) is 2.40. The third kappa shape index (κ3) is 3.64. The second-order valence-electron chi connectivity index (χ2n) is 4.42. The minimum absolute atomic E-state index is 0.235. The molecule has 0 saturated carbocycles. The van der Waals surface area contributed by atoms with Crippen molar-refractivity contribution in [3.63, 3.8) is 0 Å². The number of rotatable bonds is 6. The normalized spacial score (nSPS) is 15.9. The maximum atomic E-state index is 5.99. The zero-order valence-electron chi connectivity index (χ0n) is 10.0. The van der Waals surface area contributed by atoms with Crippen LogP contribution in [0.5, 0.6) is 0 Å². The molecule has 0 aliphatic carbocycles. The van der Waals surface area contributed by atoms with E-state index in [2.05, 4.69) is 13.8 Å². The molecule has 0 heterocycles. The highest BCUT2D eigenvalue weighted by Gasteiger charge is 2.41. The molecule has 0 radical (unpaired) electrons. The number of nitrogens with zero attached hydrogens (tertiary/aromatic N) is 1. The summed E-state index contributed by atoms with van der Waals surface area (Å²) in [5.41, 5.74) is 5.99. The van der Waals surface area contributed by atoms with Gasteiger partial charge < -0.3 is 0 Å². The predicted octanol–water partition coefficient (Wildman–Crippen LogP) is -0.274. The van der Waals surface area contributed by atoms with Gasteiger partial charge >= 0.3 is 0 Å². The molecular formula is C8H23N2O3Si+. The number of hydrogen-bond donors (Lipinski definition) is 1. The Balaban J connectivity index is 4.52. The van der Waals surface area contributed by atoms with E-state index in [-0.39, 0.29) is 11.2 Å². The molecule has 5 nitrogen and oxygen atoms in total. The van der Waals surface area contributed by atoms with Crippen molar-refractivity contribution in [2.75, 3.05) is 21.3 Å². The Morgan fingerprint density at radius 2 is 1.57 bits per heavy atom. The average Bonchev–Trinajstić information content (AvgIpc) is 2.05. The van der Waals surface area contributed by atoms with Gasteiger partial charge in [-0.15, -0.1) is 14.5 Å². The Morgan fingerprint density at radius 3 is 1.79 bits per heavy atom. The van der Waals surface area contributed by atoms with Crippen LogP contribution in [0.2, 0.25) is 5.04 Å². The molecule has 0 aliphatic rings. The van der Waals surface area contributed by atoms with Gasteiger partial charge in [0.1, 0.15) is 26.3 Å². The molecule has 1 unspecified atom stereocenters. The zero-order chi connectivity index (χ0) is 11.4. The summed E-state index contributed by atoms with van der Waals surface area (Å²) in [6, 6.07) is 0. The van der Waals surface area contributed by atoms with E-state index in [1.54, 1.807) is 0 Å². The molecule has 0 spiro atoms. The second-order valence-corrected chi connectivity index (χ2v) is 7.13. The van der Waals surface area contributed by atoms with Crippen molar-refractivity contribution in [1.29, 1.82) is 0 Å². The minimum Gasteiger partial charge on any atom is -0.274 e. The van der Waals surface area contributed by atoms with Crippen LogP contribution in [0.1, 0.15) is 20.3 Å². The van der Waals surface area contributed by atoms with Gasteiger partial charge in [0, 0.05) is 16.7 Å². The van der Waals surface area contributed by atoms with Crippen LogP contribution in [0.15, 0.2) is 0 Å². The highest BCUT2D eigenvalue weighted by molar-refractivity contribution is 6.14. The maximum absolute atomic E-state index is 5.99. The van der Waals surface area contributed by atoms with E-state index in [0.29, 0.717) is 0 Å². The first-order valence-corrected chi connectivity index (χ1v) is 5.63. The van der Waals surface area contributed by atoms with Gasteiger partial charge in [-0.05, 0) is 5.04 Å². The highest BCUT2D eigenvalue weighted by Crippen LogP contribution is 2.28. The van der Waals surface area contributed by atoms with Crippen molar-refractivity contribution in [3.05, 3.63) is 0 Å². The number of hydrogen-bond acceptors (Lipinski definition) is 4. The summed E-state index contributed by atoms with van der Waals surface area (Å²) in [7, 11) is 5.58. The molecule has 0 aromatic carbocycles. The minimum atomic E-state index is -0.425. The molecular weight excluding hydrogens is 200 g/mol. The number of nitrogens with two attached hydrogens (primary N) is 1. The standard InChI is InChI=1S/C8H23N2O3Si/c1-8(2,14)6-7(9)10(11-3,12-4)13-5/h7H,6,9H2,1-5,14H3/q+1. The molecule has 6 heteroatoms. The van der Waals surface area contributed by atoms with E-state index in [9.17, 15) is 0 Å². The Kier molecular flexibility index (Phi) is 5.20. The molecule has 0 aromatic heterocycles. The lowest BCUT2D eigenvalue weighted by atomic mass is 10.1. The maximum Gasteiger partial charge on any atom is 0.238 e. The summed E-state index contributed by atoms with van der Waals surface area (Å²) in [6.45, 7) is 4.32. The van der Waals surface area contributed by atoms with Crippen molar-refractivity contribution in [2.45, 2.75) is 31.5 Å². The third-order valence-electron chi connectivity index (χ3n) is 1.99. The summed E-state index contributed by atoms with van der Waals surface area (Å²) < 4.78 is 0. The Bertz CT molecular complexity index is 160. The monoisotopic (exact) mass is 223 g/mol. The zero-order valence-corrected chi connectivity index (χ0v) is 12.0. The second kappa shape index (κ2) is 5.20. The molecule has 86 valence electrons. The van der Waals surface area contributed by atoms with E-state index < -0.39 is 4.97 Å². The molecule has 0 rings (SSSR count). The summed E-state index contributed by atoms with van der Waals surface area (Å²) >= 11 is 0. The first kappa shape index (κ1) is 14.0. The van der Waals surface area contributed by atoms with Gasteiger partial charge in [0.05, 0.1) is 0 Å². The Hall–Kier alpha value is 0.0169. The first-order chi connectivity index (χ1) is 6.31. The van der Waals surface area contributed by atoms with Gasteiger partial charge in [0.15, 0.2) is 0 Å². The van der Waals surface area contributed by atoms with Gasteiger partial charge in [-0.3, -0.25) is 5.73 Å². The largest absolute Gasteiger partial charge is 0.274 e. The van der Waals surface area contributed by atoms with Gasteiger partial charge in [0.25, 0.3) is 0 Å². The smallest absolute Gasteiger partial charge is 0.238 e. The summed E-state index contributed by atoms with van der Waals surface area (Å²) in [5, 5.41) is 0.235. The lowest BCUT2D eigenvalue weighted by Crippen LogP contribution is -2.57. The van der Waals surface area contributed by atoms with Crippen molar-refractivity contribution in [1.82, 2.24) is 0 Å².